The van der Waals surface area contributed by atoms with E-state index in [1.165, 1.54) is 0 Å². The number of nitrogens with two attached hydrogens (primary N) is 1. The van der Waals surface area contributed by atoms with Crippen LogP contribution in [0, 0.1) is 6.92 Å². The van der Waals surface area contributed by atoms with Gasteiger partial charge in [0.25, 0.3) is 0 Å². The average molecular weight is 226 g/mol. The van der Waals surface area contributed by atoms with Gasteiger partial charge in [0.2, 0.25) is 0 Å². The Balaban J connectivity index is 2.10. The average Bonchev–Trinajstić information content (AvgIpc) is 2.86. The quantitative estimate of drug-likeness (QED) is 0.805. The maximum Gasteiger partial charge on any atom is 0.197 e. The van der Waals surface area contributed by atoms with Gasteiger partial charge < -0.3 is 10.3 Å². The van der Waals surface area contributed by atoms with Crippen molar-refractivity contribution in [3.05, 3.63) is 47.2 Å². The van der Waals surface area contributed by atoms with Crippen LogP contribution < -0.4 is 5.73 Å². The van der Waals surface area contributed by atoms with Crippen LogP contribution in [-0.2, 0) is 0 Å². The lowest BCUT2D eigenvalue weighted by molar-refractivity contribution is 0.399. The van der Waals surface area contributed by atoms with Gasteiger partial charge in [-0.3, -0.25) is 0 Å². The van der Waals surface area contributed by atoms with Gasteiger partial charge in [-0.25, -0.2) is 9.98 Å². The molecule has 0 amide bonds. The SMILES string of the molecule is Cc1cc(N=C2N=C(N)c3ccccc32)no1. The molecular formula is C12H10N4O. The van der Waals surface area contributed by atoms with Crippen LogP contribution in [-0.4, -0.2) is 16.8 Å². The van der Waals surface area contributed by atoms with Crippen molar-refractivity contribution in [3.63, 3.8) is 0 Å². The molecule has 0 fully saturated rings. The van der Waals surface area contributed by atoms with Gasteiger partial charge in [0.15, 0.2) is 11.7 Å². The van der Waals surface area contributed by atoms with Gasteiger partial charge in [-0.15, -0.1) is 0 Å². The molecule has 0 saturated carbocycles. The number of nitrogens with zero attached hydrogens (tertiary/aromatic N) is 3. The zero-order valence-electron chi connectivity index (χ0n) is 9.21. The topological polar surface area (TPSA) is 76.8 Å². The molecule has 0 radical (unpaired) electrons. The third-order valence-corrected chi connectivity index (χ3v) is 2.51. The fraction of sp³-hybridized carbons (Fsp3) is 0.0833. The Labute approximate surface area is 97.7 Å². The normalized spacial score (nSPS) is 16.1. The summed E-state index contributed by atoms with van der Waals surface area (Å²) in [5.41, 5.74) is 7.65. The standard InChI is InChI=1S/C12H10N4O/c1-7-6-10(16-17-7)14-12-9-5-3-2-4-8(9)11(13)15-12/h2-6H,1H3,(H2,13,14,15,16). The van der Waals surface area contributed by atoms with Crippen molar-refractivity contribution < 1.29 is 4.52 Å². The van der Waals surface area contributed by atoms with E-state index in [2.05, 4.69) is 15.1 Å². The van der Waals surface area contributed by atoms with Crippen molar-refractivity contribution in [1.29, 1.82) is 0 Å². The van der Waals surface area contributed by atoms with Crippen molar-refractivity contribution in [2.24, 2.45) is 15.7 Å². The summed E-state index contributed by atoms with van der Waals surface area (Å²) in [5, 5.41) is 3.80. The van der Waals surface area contributed by atoms with Crippen molar-refractivity contribution >= 4 is 17.5 Å². The maximum absolute atomic E-state index is 5.82. The third kappa shape index (κ3) is 1.61. The molecule has 2 N–H and O–H groups in total. The van der Waals surface area contributed by atoms with E-state index < -0.39 is 0 Å². The smallest absolute Gasteiger partial charge is 0.197 e. The molecule has 84 valence electrons. The summed E-state index contributed by atoms with van der Waals surface area (Å²) in [5.74, 6) is 2.28. The van der Waals surface area contributed by atoms with Gasteiger partial charge in [-0.2, -0.15) is 0 Å². The summed E-state index contributed by atoms with van der Waals surface area (Å²) < 4.78 is 4.95. The van der Waals surface area contributed by atoms with Gasteiger partial charge in [0, 0.05) is 17.2 Å². The molecule has 0 atom stereocenters. The summed E-state index contributed by atoms with van der Waals surface area (Å²) in [6.07, 6.45) is 0. The molecule has 0 bridgehead atoms. The first-order valence-electron chi connectivity index (χ1n) is 5.20. The molecule has 1 aliphatic heterocycles. The summed E-state index contributed by atoms with van der Waals surface area (Å²) in [6.45, 7) is 1.82. The molecule has 5 nitrogen and oxygen atoms in total. The highest BCUT2D eigenvalue weighted by Crippen LogP contribution is 2.20. The van der Waals surface area contributed by atoms with Crippen LogP contribution >= 0.6 is 0 Å². The lowest BCUT2D eigenvalue weighted by atomic mass is 10.1. The minimum absolute atomic E-state index is 0.486. The third-order valence-electron chi connectivity index (χ3n) is 2.51. The van der Waals surface area contributed by atoms with E-state index in [0.29, 0.717) is 23.2 Å². The van der Waals surface area contributed by atoms with Crippen LogP contribution in [0.4, 0.5) is 5.82 Å². The van der Waals surface area contributed by atoms with Gasteiger partial charge in [-0.05, 0) is 6.92 Å². The first-order valence-corrected chi connectivity index (χ1v) is 5.20. The fourth-order valence-electron chi connectivity index (χ4n) is 1.74. The van der Waals surface area contributed by atoms with Crippen LogP contribution in [0.1, 0.15) is 16.9 Å². The number of aromatic nitrogens is 1. The highest BCUT2D eigenvalue weighted by atomic mass is 16.5. The first kappa shape index (κ1) is 9.77. The van der Waals surface area contributed by atoms with Crippen LogP contribution in [0.3, 0.4) is 0 Å². The Morgan fingerprint density at radius 2 is 2.00 bits per heavy atom. The molecule has 0 aliphatic carbocycles. The monoisotopic (exact) mass is 226 g/mol. The summed E-state index contributed by atoms with van der Waals surface area (Å²) >= 11 is 0. The zero-order chi connectivity index (χ0) is 11.8. The van der Waals surface area contributed by atoms with E-state index in [4.69, 9.17) is 10.3 Å². The van der Waals surface area contributed by atoms with Gasteiger partial charge in [-0.1, -0.05) is 29.4 Å². The second kappa shape index (κ2) is 3.55. The molecule has 5 heteroatoms. The molecule has 2 heterocycles. The molecule has 0 unspecified atom stereocenters. The molecule has 1 aromatic carbocycles. The minimum atomic E-state index is 0.486. The molecule has 0 saturated heterocycles. The van der Waals surface area contributed by atoms with Gasteiger partial charge in [0.05, 0.1) is 0 Å². The predicted octanol–water partition coefficient (Wildman–Crippen LogP) is 1.78. The zero-order valence-corrected chi connectivity index (χ0v) is 9.21. The van der Waals surface area contributed by atoms with Crippen molar-refractivity contribution in [1.82, 2.24) is 5.16 Å². The molecule has 0 spiro atoms. The lowest BCUT2D eigenvalue weighted by Gasteiger charge is -1.96. The highest BCUT2D eigenvalue weighted by Gasteiger charge is 2.19. The van der Waals surface area contributed by atoms with Crippen LogP contribution in [0.25, 0.3) is 0 Å². The van der Waals surface area contributed by atoms with E-state index in [1.807, 2.05) is 31.2 Å². The molecule has 1 aliphatic rings. The molecule has 3 rings (SSSR count). The Kier molecular flexibility index (Phi) is 2.04. The van der Waals surface area contributed by atoms with E-state index in [1.54, 1.807) is 6.07 Å². The van der Waals surface area contributed by atoms with E-state index in [0.717, 1.165) is 11.1 Å². The summed E-state index contributed by atoms with van der Waals surface area (Å²) in [7, 11) is 0. The Hall–Kier alpha value is -2.43. The highest BCUT2D eigenvalue weighted by molar-refractivity contribution is 6.22. The van der Waals surface area contributed by atoms with Crippen molar-refractivity contribution in [2.45, 2.75) is 6.92 Å². The van der Waals surface area contributed by atoms with Crippen LogP contribution in [0.5, 0.6) is 0 Å². The van der Waals surface area contributed by atoms with E-state index in [-0.39, 0.29) is 0 Å². The number of benzene rings is 1. The van der Waals surface area contributed by atoms with Crippen LogP contribution in [0.2, 0.25) is 0 Å². The van der Waals surface area contributed by atoms with Crippen molar-refractivity contribution in [2.75, 3.05) is 0 Å². The Morgan fingerprint density at radius 3 is 2.71 bits per heavy atom. The number of fused-ring (bicyclic) bond motifs is 1. The summed E-state index contributed by atoms with van der Waals surface area (Å²) in [6, 6.07) is 9.45. The number of aliphatic imine (C=N–C) groups is 2. The Bertz CT molecular complexity index is 639. The second-order valence-corrected chi connectivity index (χ2v) is 3.77. The number of hydrogen-bond donors (Lipinski definition) is 1. The molecule has 1 aromatic heterocycles. The predicted molar refractivity (Wildman–Crippen MR) is 64.6 cm³/mol. The number of hydrogen-bond acceptors (Lipinski definition) is 4. The van der Waals surface area contributed by atoms with E-state index >= 15 is 0 Å². The summed E-state index contributed by atoms with van der Waals surface area (Å²) in [4.78, 5) is 8.54. The fourth-order valence-corrected chi connectivity index (χ4v) is 1.74. The van der Waals surface area contributed by atoms with E-state index in [9.17, 15) is 0 Å². The second-order valence-electron chi connectivity index (χ2n) is 3.77. The number of amidine groups is 2. The van der Waals surface area contributed by atoms with Crippen LogP contribution in [0.15, 0.2) is 44.8 Å². The minimum Gasteiger partial charge on any atom is -0.383 e. The number of aryl methyl sites for hydroxylation is 1. The Morgan fingerprint density at radius 1 is 1.24 bits per heavy atom. The molecule has 17 heavy (non-hydrogen) atoms. The van der Waals surface area contributed by atoms with Crippen molar-refractivity contribution in [3.8, 4) is 0 Å². The van der Waals surface area contributed by atoms with Gasteiger partial charge in [0.1, 0.15) is 11.6 Å². The number of rotatable bonds is 1. The largest absolute Gasteiger partial charge is 0.383 e. The molecule has 2 aromatic rings. The molecular weight excluding hydrogens is 216 g/mol. The lowest BCUT2D eigenvalue weighted by Crippen LogP contribution is -2.09. The maximum atomic E-state index is 5.82. The first-order chi connectivity index (χ1) is 8.24. The van der Waals surface area contributed by atoms with Gasteiger partial charge >= 0.3 is 0 Å².